The first-order valence-corrected chi connectivity index (χ1v) is 4.86. The summed E-state index contributed by atoms with van der Waals surface area (Å²) >= 11 is 0. The molecule has 1 aromatic rings. The van der Waals surface area contributed by atoms with Crippen molar-refractivity contribution < 1.29 is 4.52 Å². The van der Waals surface area contributed by atoms with Crippen molar-refractivity contribution in [1.29, 1.82) is 0 Å². The maximum atomic E-state index is 5.12. The minimum absolute atomic E-state index is 0.244. The van der Waals surface area contributed by atoms with Crippen LogP contribution in [0.15, 0.2) is 4.52 Å². The molecule has 1 aliphatic rings. The molecule has 1 aliphatic carbocycles. The Labute approximate surface area is 77.7 Å². The van der Waals surface area contributed by atoms with Gasteiger partial charge in [0, 0.05) is 6.04 Å². The molecule has 13 heavy (non-hydrogen) atoms. The summed E-state index contributed by atoms with van der Waals surface area (Å²) in [6.07, 6.45) is 3.56. The molecule has 0 spiro atoms. The average molecular weight is 181 g/mol. The number of hydrogen-bond donors (Lipinski definition) is 1. The largest absolute Gasteiger partial charge is 0.338 e. The van der Waals surface area contributed by atoms with Gasteiger partial charge in [-0.3, -0.25) is 0 Å². The summed E-state index contributed by atoms with van der Waals surface area (Å²) in [5, 5.41) is 7.26. The van der Waals surface area contributed by atoms with Crippen molar-refractivity contribution in [3.8, 4) is 0 Å². The van der Waals surface area contributed by atoms with Gasteiger partial charge in [0.05, 0.1) is 6.04 Å². The van der Waals surface area contributed by atoms with Crippen LogP contribution in [0.3, 0.4) is 0 Å². The quantitative estimate of drug-likeness (QED) is 0.766. The van der Waals surface area contributed by atoms with E-state index in [1.54, 1.807) is 0 Å². The molecule has 2 rings (SSSR count). The van der Waals surface area contributed by atoms with Crippen LogP contribution in [0.2, 0.25) is 0 Å². The van der Waals surface area contributed by atoms with E-state index in [9.17, 15) is 0 Å². The minimum Gasteiger partial charge on any atom is -0.338 e. The Bertz CT molecular complexity index is 280. The monoisotopic (exact) mass is 181 g/mol. The predicted octanol–water partition coefficient (Wildman–Crippen LogP) is 1.58. The number of nitrogens with zero attached hydrogens (tertiary/aromatic N) is 2. The summed E-state index contributed by atoms with van der Waals surface area (Å²) in [7, 11) is 0. The third kappa shape index (κ3) is 2.06. The fourth-order valence-corrected chi connectivity index (χ4v) is 1.35. The van der Waals surface area contributed by atoms with E-state index in [-0.39, 0.29) is 6.04 Å². The van der Waals surface area contributed by atoms with Gasteiger partial charge >= 0.3 is 0 Å². The molecule has 0 bridgehead atoms. The standard InChI is InChI=1S/C9H15N3O/c1-3-8(11-7-4-5-7)9-10-6(2)12-13-9/h7-8,11H,3-5H2,1-2H3. The van der Waals surface area contributed by atoms with Crippen molar-refractivity contribution in [2.75, 3.05) is 0 Å². The van der Waals surface area contributed by atoms with Gasteiger partial charge in [-0.05, 0) is 26.2 Å². The summed E-state index contributed by atoms with van der Waals surface area (Å²) in [4.78, 5) is 4.22. The first kappa shape index (κ1) is 8.69. The highest BCUT2D eigenvalue weighted by Gasteiger charge is 2.26. The number of hydrogen-bond acceptors (Lipinski definition) is 4. The number of rotatable bonds is 4. The van der Waals surface area contributed by atoms with Gasteiger partial charge in [-0.25, -0.2) is 0 Å². The molecule has 1 unspecified atom stereocenters. The van der Waals surface area contributed by atoms with E-state index in [0.717, 1.165) is 12.3 Å². The van der Waals surface area contributed by atoms with Crippen LogP contribution >= 0.6 is 0 Å². The van der Waals surface area contributed by atoms with Crippen molar-refractivity contribution in [1.82, 2.24) is 15.5 Å². The zero-order valence-electron chi connectivity index (χ0n) is 8.08. The Morgan fingerprint density at radius 3 is 2.85 bits per heavy atom. The second-order valence-corrected chi connectivity index (χ2v) is 3.58. The molecular formula is C9H15N3O. The smallest absolute Gasteiger partial charge is 0.243 e. The van der Waals surface area contributed by atoms with Crippen LogP contribution in [-0.4, -0.2) is 16.2 Å². The number of aryl methyl sites for hydroxylation is 1. The van der Waals surface area contributed by atoms with Crippen LogP contribution in [0.4, 0.5) is 0 Å². The Morgan fingerprint density at radius 2 is 2.38 bits per heavy atom. The van der Waals surface area contributed by atoms with Gasteiger partial charge in [0.2, 0.25) is 5.89 Å². The van der Waals surface area contributed by atoms with E-state index in [4.69, 9.17) is 4.52 Å². The zero-order valence-corrected chi connectivity index (χ0v) is 8.08. The van der Waals surface area contributed by atoms with Crippen molar-refractivity contribution in [2.45, 2.75) is 45.2 Å². The second-order valence-electron chi connectivity index (χ2n) is 3.58. The lowest BCUT2D eigenvalue weighted by molar-refractivity contribution is 0.322. The fraction of sp³-hybridized carbons (Fsp3) is 0.778. The molecule has 1 N–H and O–H groups in total. The Hall–Kier alpha value is -0.900. The molecule has 0 aliphatic heterocycles. The molecule has 0 saturated heterocycles. The summed E-state index contributed by atoms with van der Waals surface area (Å²) in [5.74, 6) is 1.44. The Morgan fingerprint density at radius 1 is 1.62 bits per heavy atom. The van der Waals surface area contributed by atoms with Gasteiger partial charge in [0.1, 0.15) is 0 Å². The Balaban J connectivity index is 2.01. The van der Waals surface area contributed by atoms with E-state index < -0.39 is 0 Å². The molecule has 1 fully saturated rings. The third-order valence-electron chi connectivity index (χ3n) is 2.26. The van der Waals surface area contributed by atoms with Crippen LogP contribution in [0.5, 0.6) is 0 Å². The second kappa shape index (κ2) is 3.46. The van der Waals surface area contributed by atoms with Crippen molar-refractivity contribution in [3.63, 3.8) is 0 Å². The highest BCUT2D eigenvalue weighted by Crippen LogP contribution is 2.24. The van der Waals surface area contributed by atoms with Gasteiger partial charge < -0.3 is 9.84 Å². The molecule has 4 heteroatoms. The Kier molecular flexibility index (Phi) is 2.31. The highest BCUT2D eigenvalue weighted by molar-refractivity contribution is 4.94. The van der Waals surface area contributed by atoms with E-state index in [1.807, 2.05) is 6.92 Å². The van der Waals surface area contributed by atoms with Gasteiger partial charge in [-0.1, -0.05) is 12.1 Å². The minimum atomic E-state index is 0.244. The van der Waals surface area contributed by atoms with Crippen LogP contribution in [0, 0.1) is 6.92 Å². The van der Waals surface area contributed by atoms with Gasteiger partial charge in [0.25, 0.3) is 0 Å². The normalized spacial score (nSPS) is 18.9. The van der Waals surface area contributed by atoms with Crippen molar-refractivity contribution in [3.05, 3.63) is 11.7 Å². The molecule has 1 atom stereocenters. The summed E-state index contributed by atoms with van der Waals surface area (Å²) in [6, 6.07) is 0.922. The molecule has 72 valence electrons. The van der Waals surface area contributed by atoms with Crippen molar-refractivity contribution >= 4 is 0 Å². The molecule has 0 radical (unpaired) electrons. The average Bonchev–Trinajstić information content (AvgIpc) is 2.84. The zero-order chi connectivity index (χ0) is 9.26. The summed E-state index contributed by atoms with van der Waals surface area (Å²) < 4.78 is 5.12. The van der Waals surface area contributed by atoms with Gasteiger partial charge in [-0.2, -0.15) is 4.98 Å². The van der Waals surface area contributed by atoms with Crippen LogP contribution in [-0.2, 0) is 0 Å². The van der Waals surface area contributed by atoms with Crippen LogP contribution < -0.4 is 5.32 Å². The first-order valence-electron chi connectivity index (χ1n) is 4.86. The number of nitrogens with one attached hydrogen (secondary N) is 1. The van der Waals surface area contributed by atoms with E-state index in [1.165, 1.54) is 12.8 Å². The lowest BCUT2D eigenvalue weighted by Gasteiger charge is -2.10. The summed E-state index contributed by atoms with van der Waals surface area (Å²) in [5.41, 5.74) is 0. The lowest BCUT2D eigenvalue weighted by atomic mass is 10.2. The summed E-state index contributed by atoms with van der Waals surface area (Å²) in [6.45, 7) is 3.97. The lowest BCUT2D eigenvalue weighted by Crippen LogP contribution is -2.23. The predicted molar refractivity (Wildman–Crippen MR) is 48.2 cm³/mol. The van der Waals surface area contributed by atoms with E-state index in [2.05, 4.69) is 22.4 Å². The van der Waals surface area contributed by atoms with Crippen molar-refractivity contribution in [2.24, 2.45) is 0 Å². The molecule has 1 heterocycles. The maximum Gasteiger partial charge on any atom is 0.243 e. The number of aromatic nitrogens is 2. The van der Waals surface area contributed by atoms with Crippen LogP contribution in [0.25, 0.3) is 0 Å². The van der Waals surface area contributed by atoms with E-state index in [0.29, 0.717) is 11.9 Å². The molecule has 4 nitrogen and oxygen atoms in total. The maximum absolute atomic E-state index is 5.12. The van der Waals surface area contributed by atoms with Crippen LogP contribution in [0.1, 0.15) is 43.9 Å². The van der Waals surface area contributed by atoms with E-state index >= 15 is 0 Å². The molecule has 0 aromatic carbocycles. The first-order chi connectivity index (χ1) is 6.29. The SMILES string of the molecule is CCC(NC1CC1)c1nc(C)no1. The molecular weight excluding hydrogens is 166 g/mol. The molecule has 1 saturated carbocycles. The molecule has 0 amide bonds. The highest BCUT2D eigenvalue weighted by atomic mass is 16.5. The third-order valence-corrected chi connectivity index (χ3v) is 2.26. The van der Waals surface area contributed by atoms with Gasteiger partial charge in [-0.15, -0.1) is 0 Å². The topological polar surface area (TPSA) is 51.0 Å². The van der Waals surface area contributed by atoms with Gasteiger partial charge in [0.15, 0.2) is 5.82 Å². The fourth-order valence-electron chi connectivity index (χ4n) is 1.35. The molecule has 1 aromatic heterocycles.